The maximum Gasteiger partial charge on any atom is 0.488 e. The van der Waals surface area contributed by atoms with E-state index in [1.54, 1.807) is 32.9 Å². The van der Waals surface area contributed by atoms with Gasteiger partial charge in [-0.3, -0.25) is 14.6 Å². The molecule has 1 aliphatic heterocycles. The molecule has 11 nitrogen and oxygen atoms in total. The number of carbonyl (C=O) groups is 3. The summed E-state index contributed by atoms with van der Waals surface area (Å²) in [7, 11) is -1.65. The Morgan fingerprint density at radius 1 is 0.787 bits per heavy atom. The number of nitrogens with one attached hydrogen (secondary N) is 2. The molecule has 1 heterocycles. The van der Waals surface area contributed by atoms with E-state index in [9.17, 15) is 24.4 Å². The zero-order valence-electron chi connectivity index (χ0n) is 34.7. The summed E-state index contributed by atoms with van der Waals surface area (Å²) in [6, 6.07) is 40.7. The number of nitrogens with zero attached hydrogens (tertiary/aromatic N) is 2. The number of rotatable bonds is 12. The van der Waals surface area contributed by atoms with Gasteiger partial charge in [-0.05, 0) is 93.6 Å². The Kier molecular flexibility index (Phi) is 12.1. The van der Waals surface area contributed by atoms with E-state index in [1.807, 2.05) is 60.7 Å². The summed E-state index contributed by atoms with van der Waals surface area (Å²) < 4.78 is 11.5. The number of fused-ring (bicyclic) bond motifs is 5. The van der Waals surface area contributed by atoms with Gasteiger partial charge in [0.1, 0.15) is 18.2 Å². The highest BCUT2D eigenvalue weighted by molar-refractivity contribution is 6.59. The molecular formula is C49H51BN4O7. The Morgan fingerprint density at radius 3 is 2.02 bits per heavy atom. The summed E-state index contributed by atoms with van der Waals surface area (Å²) in [5.74, 6) is -0.482. The van der Waals surface area contributed by atoms with Gasteiger partial charge in [-0.15, -0.1) is 0 Å². The number of amides is 3. The van der Waals surface area contributed by atoms with Gasteiger partial charge in [-0.1, -0.05) is 121 Å². The van der Waals surface area contributed by atoms with Crippen molar-refractivity contribution >= 4 is 52.2 Å². The normalized spacial score (nSPS) is 16.1. The Labute approximate surface area is 356 Å². The SMILES string of the molecule is CC(C)(C)OC(=O)N1C[C@@H](NC(=O)OCC2c3ccccc3-c3ccccc32)C[C@H]1C(=O)NCCN(Cc1ccccc1B(O)O)Cc1c2ccccc2cc2ccccc12. The predicted molar refractivity (Wildman–Crippen MR) is 238 cm³/mol. The molecule has 3 amide bonds. The molecule has 0 saturated carbocycles. The van der Waals surface area contributed by atoms with E-state index in [1.165, 1.54) is 4.90 Å². The minimum Gasteiger partial charge on any atom is -0.449 e. The van der Waals surface area contributed by atoms with E-state index >= 15 is 0 Å². The zero-order valence-corrected chi connectivity index (χ0v) is 34.7. The quantitative estimate of drug-likeness (QED) is 0.0790. The molecule has 0 bridgehead atoms. The monoisotopic (exact) mass is 818 g/mol. The van der Waals surface area contributed by atoms with Gasteiger partial charge in [0.15, 0.2) is 0 Å². The van der Waals surface area contributed by atoms with Gasteiger partial charge in [-0.2, -0.15) is 0 Å². The van der Waals surface area contributed by atoms with Gasteiger partial charge in [-0.25, -0.2) is 9.59 Å². The molecule has 1 saturated heterocycles. The van der Waals surface area contributed by atoms with Crippen LogP contribution in [0.2, 0.25) is 0 Å². The molecule has 12 heteroatoms. The van der Waals surface area contributed by atoms with Gasteiger partial charge >= 0.3 is 19.3 Å². The summed E-state index contributed by atoms with van der Waals surface area (Å²) in [5, 5.41) is 30.9. The number of ether oxygens (including phenoxy) is 2. The van der Waals surface area contributed by atoms with Crippen LogP contribution in [0, 0.1) is 0 Å². The van der Waals surface area contributed by atoms with Crippen molar-refractivity contribution in [3.8, 4) is 11.1 Å². The van der Waals surface area contributed by atoms with Crippen molar-refractivity contribution in [2.24, 2.45) is 0 Å². The summed E-state index contributed by atoms with van der Waals surface area (Å²) in [5.41, 5.74) is 5.94. The molecule has 1 aliphatic carbocycles. The van der Waals surface area contributed by atoms with E-state index in [2.05, 4.69) is 70.1 Å². The maximum atomic E-state index is 14.1. The Hall–Kier alpha value is -6.21. The van der Waals surface area contributed by atoms with Crippen molar-refractivity contribution in [2.45, 2.75) is 63.9 Å². The first kappa shape index (κ1) is 41.5. The van der Waals surface area contributed by atoms with Crippen molar-refractivity contribution in [1.82, 2.24) is 20.4 Å². The third-order valence-corrected chi connectivity index (χ3v) is 11.6. The molecule has 8 rings (SSSR count). The Bertz CT molecular complexity index is 2480. The molecule has 0 spiro atoms. The van der Waals surface area contributed by atoms with Crippen LogP contribution in [0.25, 0.3) is 32.7 Å². The second kappa shape index (κ2) is 17.8. The van der Waals surface area contributed by atoms with Gasteiger partial charge in [0.05, 0.1) is 6.04 Å². The van der Waals surface area contributed by atoms with Crippen LogP contribution in [-0.4, -0.2) is 89.0 Å². The average Bonchev–Trinajstić information content (AvgIpc) is 3.81. The second-order valence-electron chi connectivity index (χ2n) is 16.9. The van der Waals surface area contributed by atoms with Gasteiger partial charge in [0.25, 0.3) is 0 Å². The molecule has 1 fully saturated rings. The van der Waals surface area contributed by atoms with Crippen LogP contribution in [0.1, 0.15) is 55.4 Å². The standard InChI is InChI=1S/C49H51BN4O7/c1-49(2,3)61-48(57)54-29-35(52-47(56)60-31-43-40-21-11-9-19-38(40)39-20-10-12-22-41(39)43)27-45(54)46(55)51-24-25-53(28-34-16-6-13-23-44(34)50(58)59)30-42-36-17-7-4-14-32(36)26-33-15-5-8-18-37(33)42/h4-23,26,35,43,45,58-59H,24-25,27-31H2,1-3H3,(H,51,55)(H,52,56)/t35-,45-/m0/s1. The summed E-state index contributed by atoms with van der Waals surface area (Å²) in [6.45, 7) is 7.03. The number of carbonyl (C=O) groups excluding carboxylic acids is 3. The van der Waals surface area contributed by atoms with Crippen molar-refractivity contribution in [3.05, 3.63) is 150 Å². The van der Waals surface area contributed by atoms with Crippen LogP contribution in [0.3, 0.4) is 0 Å². The van der Waals surface area contributed by atoms with Crippen LogP contribution in [0.5, 0.6) is 0 Å². The lowest BCUT2D eigenvalue weighted by molar-refractivity contribution is -0.125. The summed E-state index contributed by atoms with van der Waals surface area (Å²) >= 11 is 0. The molecule has 2 aliphatic rings. The van der Waals surface area contributed by atoms with E-state index in [0.717, 1.165) is 54.9 Å². The highest BCUT2D eigenvalue weighted by atomic mass is 16.6. The van der Waals surface area contributed by atoms with Crippen molar-refractivity contribution in [3.63, 3.8) is 0 Å². The maximum absolute atomic E-state index is 14.1. The fourth-order valence-electron chi connectivity index (χ4n) is 8.86. The van der Waals surface area contributed by atoms with Gasteiger partial charge in [0.2, 0.25) is 5.91 Å². The smallest absolute Gasteiger partial charge is 0.449 e. The fraction of sp³-hybridized carbons (Fsp3) is 0.286. The van der Waals surface area contributed by atoms with E-state index < -0.39 is 37.0 Å². The number of benzene rings is 6. The second-order valence-corrected chi connectivity index (χ2v) is 16.9. The van der Waals surface area contributed by atoms with Crippen LogP contribution in [0.15, 0.2) is 127 Å². The van der Waals surface area contributed by atoms with Gasteiger partial charge in [0, 0.05) is 38.6 Å². The largest absolute Gasteiger partial charge is 0.488 e. The zero-order chi connectivity index (χ0) is 42.7. The first-order valence-electron chi connectivity index (χ1n) is 20.9. The van der Waals surface area contributed by atoms with E-state index in [0.29, 0.717) is 25.1 Å². The number of alkyl carbamates (subject to hydrolysis) is 1. The van der Waals surface area contributed by atoms with Crippen LogP contribution in [0.4, 0.5) is 9.59 Å². The number of hydrogen-bond acceptors (Lipinski definition) is 8. The lowest BCUT2D eigenvalue weighted by Gasteiger charge is -2.28. The molecule has 0 radical (unpaired) electrons. The molecular weight excluding hydrogens is 767 g/mol. The van der Waals surface area contributed by atoms with Crippen molar-refractivity contribution < 1.29 is 33.9 Å². The Morgan fingerprint density at radius 2 is 1.38 bits per heavy atom. The van der Waals surface area contributed by atoms with Crippen molar-refractivity contribution in [1.29, 1.82) is 0 Å². The molecule has 6 aromatic rings. The van der Waals surface area contributed by atoms with Crippen LogP contribution >= 0.6 is 0 Å². The van der Waals surface area contributed by atoms with Crippen molar-refractivity contribution in [2.75, 3.05) is 26.2 Å². The summed E-state index contributed by atoms with van der Waals surface area (Å²) in [6.07, 6.45) is -1.10. The fourth-order valence-corrected chi connectivity index (χ4v) is 8.86. The topological polar surface area (TPSA) is 141 Å². The Balaban J connectivity index is 0.971. The molecule has 6 aromatic carbocycles. The predicted octanol–water partition coefficient (Wildman–Crippen LogP) is 6.71. The number of hydrogen-bond donors (Lipinski definition) is 4. The lowest BCUT2D eigenvalue weighted by atomic mass is 9.77. The first-order chi connectivity index (χ1) is 29.4. The third kappa shape index (κ3) is 9.27. The summed E-state index contributed by atoms with van der Waals surface area (Å²) in [4.78, 5) is 44.5. The highest BCUT2D eigenvalue weighted by Crippen LogP contribution is 2.44. The molecule has 61 heavy (non-hydrogen) atoms. The molecule has 4 N–H and O–H groups in total. The molecule has 0 aromatic heterocycles. The lowest BCUT2D eigenvalue weighted by Crippen LogP contribution is -2.48. The highest BCUT2D eigenvalue weighted by Gasteiger charge is 2.42. The van der Waals surface area contributed by atoms with E-state index in [4.69, 9.17) is 9.47 Å². The van der Waals surface area contributed by atoms with Crippen LogP contribution < -0.4 is 16.1 Å². The molecule has 0 unspecified atom stereocenters. The molecule has 312 valence electrons. The van der Waals surface area contributed by atoms with Gasteiger partial charge < -0.3 is 30.2 Å². The first-order valence-corrected chi connectivity index (χ1v) is 20.9. The molecule has 2 atom stereocenters. The minimum absolute atomic E-state index is 0.0672. The average molecular weight is 819 g/mol. The van der Waals surface area contributed by atoms with Crippen LogP contribution in [-0.2, 0) is 27.4 Å². The van der Waals surface area contributed by atoms with E-state index in [-0.39, 0.29) is 37.9 Å². The number of likely N-dealkylation sites (tertiary alicyclic amines) is 1. The minimum atomic E-state index is -1.65. The third-order valence-electron chi connectivity index (χ3n) is 11.6.